The number of phenolic OH excluding ortho intramolecular Hbond substituents is 1. The van der Waals surface area contributed by atoms with Gasteiger partial charge in [0.15, 0.2) is 0 Å². The Balaban J connectivity index is 1.32. The van der Waals surface area contributed by atoms with E-state index in [0.29, 0.717) is 29.4 Å². The van der Waals surface area contributed by atoms with E-state index >= 15 is 0 Å². The summed E-state index contributed by atoms with van der Waals surface area (Å²) in [7, 11) is 2.30. The Morgan fingerprint density at radius 1 is 1.16 bits per heavy atom. The highest BCUT2D eigenvalue weighted by Crippen LogP contribution is 2.75. The Kier molecular flexibility index (Phi) is 3.73. The summed E-state index contributed by atoms with van der Waals surface area (Å²) in [6, 6.07) is 16.3. The van der Waals surface area contributed by atoms with E-state index in [4.69, 9.17) is 4.74 Å². The molecule has 2 aromatic carbocycles. The minimum absolute atomic E-state index is 0.0614. The van der Waals surface area contributed by atoms with E-state index < -0.39 is 0 Å². The Morgan fingerprint density at radius 2 is 2.00 bits per heavy atom. The Labute approximate surface area is 189 Å². The normalized spacial score (nSPS) is 38.8. The smallest absolute Gasteiger partial charge is 0.415 e. The molecule has 0 spiro atoms. The number of phenols is 1. The van der Waals surface area contributed by atoms with Crippen molar-refractivity contribution in [1.29, 1.82) is 0 Å². The number of fused-ring (bicyclic) bond motifs is 1. The van der Waals surface area contributed by atoms with Gasteiger partial charge < -0.3 is 19.6 Å². The van der Waals surface area contributed by atoms with Gasteiger partial charge in [-0.1, -0.05) is 24.3 Å². The van der Waals surface area contributed by atoms with Crippen molar-refractivity contribution in [2.45, 2.75) is 49.6 Å². The number of piperidine rings is 1. The van der Waals surface area contributed by atoms with E-state index in [1.807, 2.05) is 41.3 Å². The number of hydrogen-bond acceptors (Lipinski definition) is 4. The minimum atomic E-state index is -0.198. The highest BCUT2D eigenvalue weighted by Gasteiger charge is 2.76. The third kappa shape index (κ3) is 2.16. The van der Waals surface area contributed by atoms with Crippen LogP contribution in [0.15, 0.2) is 48.5 Å². The molecule has 5 unspecified atom stereocenters. The topological polar surface area (TPSA) is 53.0 Å². The molecule has 4 bridgehead atoms. The lowest BCUT2D eigenvalue weighted by Crippen LogP contribution is -2.69. The molecule has 0 aromatic heterocycles. The first-order chi connectivity index (χ1) is 15.5. The number of benzene rings is 2. The van der Waals surface area contributed by atoms with Crippen LogP contribution in [-0.2, 0) is 11.8 Å². The first-order valence-corrected chi connectivity index (χ1v) is 12.1. The van der Waals surface area contributed by atoms with Crippen molar-refractivity contribution in [3.05, 3.63) is 59.7 Å². The summed E-state index contributed by atoms with van der Waals surface area (Å²) in [6.07, 6.45) is 5.41. The average molecular weight is 431 g/mol. The lowest BCUT2D eigenvalue weighted by atomic mass is 9.43. The van der Waals surface area contributed by atoms with Gasteiger partial charge in [0.1, 0.15) is 11.5 Å². The van der Waals surface area contributed by atoms with Crippen LogP contribution in [-0.4, -0.2) is 53.2 Å². The van der Waals surface area contributed by atoms with Gasteiger partial charge in [0.25, 0.3) is 0 Å². The second kappa shape index (κ2) is 6.28. The van der Waals surface area contributed by atoms with Crippen LogP contribution in [0.4, 0.5) is 4.79 Å². The van der Waals surface area contributed by atoms with Gasteiger partial charge in [0.2, 0.25) is 0 Å². The van der Waals surface area contributed by atoms with Crippen molar-refractivity contribution in [1.82, 2.24) is 9.80 Å². The molecule has 3 aliphatic carbocycles. The molecule has 2 saturated carbocycles. The predicted octanol–water partition coefficient (Wildman–Crippen LogP) is 4.19. The summed E-state index contributed by atoms with van der Waals surface area (Å²) in [5.41, 5.74) is 3.12. The first-order valence-electron chi connectivity index (χ1n) is 12.1. The van der Waals surface area contributed by atoms with Crippen LogP contribution >= 0.6 is 0 Å². The van der Waals surface area contributed by atoms with Crippen LogP contribution in [0.25, 0.3) is 0 Å². The van der Waals surface area contributed by atoms with Gasteiger partial charge in [-0.05, 0) is 98.3 Å². The van der Waals surface area contributed by atoms with Crippen LogP contribution in [0.1, 0.15) is 36.8 Å². The highest BCUT2D eigenvalue weighted by molar-refractivity contribution is 5.72. The molecule has 5 nitrogen and oxygen atoms in total. The fourth-order valence-corrected chi connectivity index (χ4v) is 9.08. The SMILES string of the molecule is CN1CCC23c4cc(O)ccc4CC1C21CCC2C3[C@@H](CN2C(=O)Oc2ccccc2)C1. The zero-order chi connectivity index (χ0) is 21.7. The van der Waals surface area contributed by atoms with E-state index in [9.17, 15) is 9.90 Å². The average Bonchev–Trinajstić information content (AvgIpc) is 3.24. The number of hydrogen-bond donors (Lipinski definition) is 1. The fourth-order valence-electron chi connectivity index (χ4n) is 9.08. The van der Waals surface area contributed by atoms with Crippen molar-refractivity contribution in [3.63, 3.8) is 0 Å². The second-order valence-electron chi connectivity index (χ2n) is 10.8. The maximum atomic E-state index is 13.3. The van der Waals surface area contributed by atoms with Crippen molar-refractivity contribution >= 4 is 6.09 Å². The third-order valence-electron chi connectivity index (χ3n) is 9.92. The van der Waals surface area contributed by atoms with E-state index in [2.05, 4.69) is 24.1 Å². The third-order valence-corrected chi connectivity index (χ3v) is 9.92. The molecule has 1 N–H and O–H groups in total. The van der Waals surface area contributed by atoms with Crippen LogP contribution in [0.5, 0.6) is 11.5 Å². The van der Waals surface area contributed by atoms with Crippen LogP contribution < -0.4 is 4.74 Å². The molecule has 2 aromatic rings. The molecule has 0 radical (unpaired) electrons. The van der Waals surface area contributed by atoms with Gasteiger partial charge in [0.05, 0.1) is 0 Å². The second-order valence-corrected chi connectivity index (χ2v) is 10.8. The van der Waals surface area contributed by atoms with Crippen molar-refractivity contribution in [2.24, 2.45) is 17.3 Å². The van der Waals surface area contributed by atoms with Gasteiger partial charge >= 0.3 is 6.09 Å². The number of rotatable bonds is 1. The molecular weight excluding hydrogens is 400 g/mol. The molecule has 5 aliphatic rings. The molecule has 7 rings (SSSR count). The number of para-hydroxylation sites is 1. The summed E-state index contributed by atoms with van der Waals surface area (Å²) in [4.78, 5) is 17.9. The summed E-state index contributed by atoms with van der Waals surface area (Å²) in [5.74, 6) is 1.96. The van der Waals surface area contributed by atoms with E-state index in [1.165, 1.54) is 17.5 Å². The Morgan fingerprint density at radius 3 is 2.84 bits per heavy atom. The highest BCUT2D eigenvalue weighted by atomic mass is 16.6. The van der Waals surface area contributed by atoms with Gasteiger partial charge in [-0.2, -0.15) is 0 Å². The maximum absolute atomic E-state index is 13.3. The van der Waals surface area contributed by atoms with Crippen LogP contribution in [0.3, 0.4) is 0 Å². The number of carbonyl (C=O) groups excluding carboxylic acids is 1. The van der Waals surface area contributed by atoms with Gasteiger partial charge in [0, 0.05) is 24.0 Å². The molecule has 2 aliphatic heterocycles. The van der Waals surface area contributed by atoms with Crippen molar-refractivity contribution in [3.8, 4) is 11.5 Å². The Bertz CT molecular complexity index is 1100. The summed E-state index contributed by atoms with van der Waals surface area (Å²) in [6.45, 7) is 1.89. The molecule has 4 fully saturated rings. The lowest BCUT2D eigenvalue weighted by molar-refractivity contribution is -0.0929. The van der Waals surface area contributed by atoms with Crippen molar-refractivity contribution in [2.75, 3.05) is 20.1 Å². The first kappa shape index (κ1) is 19.0. The van der Waals surface area contributed by atoms with E-state index in [-0.39, 0.29) is 23.0 Å². The summed E-state index contributed by atoms with van der Waals surface area (Å²) in [5, 5.41) is 10.5. The van der Waals surface area contributed by atoms with Crippen LogP contribution in [0, 0.1) is 17.3 Å². The number of carbonyl (C=O) groups is 1. The predicted molar refractivity (Wildman–Crippen MR) is 121 cm³/mol. The summed E-state index contributed by atoms with van der Waals surface area (Å²) >= 11 is 0. The molecule has 6 atom stereocenters. The van der Waals surface area contributed by atoms with Gasteiger partial charge in [-0.25, -0.2) is 4.79 Å². The molecule has 5 heteroatoms. The quantitative estimate of drug-likeness (QED) is 0.737. The number of aromatic hydroxyl groups is 1. The molecular formula is C27H30N2O3. The molecule has 2 saturated heterocycles. The number of nitrogens with zero attached hydrogens (tertiary/aromatic N) is 2. The molecule has 2 heterocycles. The van der Waals surface area contributed by atoms with E-state index in [1.54, 1.807) is 0 Å². The van der Waals surface area contributed by atoms with Crippen molar-refractivity contribution < 1.29 is 14.6 Å². The lowest BCUT2D eigenvalue weighted by Gasteiger charge is -2.66. The number of ether oxygens (including phenoxy) is 1. The van der Waals surface area contributed by atoms with Gasteiger partial charge in [-0.15, -0.1) is 0 Å². The fraction of sp³-hybridized carbons (Fsp3) is 0.519. The molecule has 32 heavy (non-hydrogen) atoms. The Hall–Kier alpha value is -2.53. The zero-order valence-corrected chi connectivity index (χ0v) is 18.5. The van der Waals surface area contributed by atoms with Gasteiger partial charge in [-0.3, -0.25) is 0 Å². The summed E-state index contributed by atoms with van der Waals surface area (Å²) < 4.78 is 5.79. The molecule has 1 amide bonds. The zero-order valence-electron chi connectivity index (χ0n) is 18.5. The molecule has 166 valence electrons. The van der Waals surface area contributed by atoms with Crippen LogP contribution in [0.2, 0.25) is 0 Å². The standard InChI is InChI=1S/C27H30N2O3/c1-28-12-11-27-21-14-19(30)8-7-17(21)13-23(28)26(27)10-9-22-24(27)18(15-26)16-29(22)25(31)32-20-5-3-2-4-6-20/h2-8,14,18,22-24,30H,9-13,15-16H2,1H3/t18-,22?,23?,24?,26?,27?/m1/s1. The monoisotopic (exact) mass is 430 g/mol. The maximum Gasteiger partial charge on any atom is 0.415 e. The number of amides is 1. The number of likely N-dealkylation sites (tertiary alicyclic amines) is 2. The largest absolute Gasteiger partial charge is 0.508 e. The van der Waals surface area contributed by atoms with E-state index in [0.717, 1.165) is 38.8 Å². The minimum Gasteiger partial charge on any atom is -0.508 e. The number of likely N-dealkylation sites (N-methyl/N-ethyl adjacent to an activating group) is 1.